The fourth-order valence-electron chi connectivity index (χ4n) is 1.10. The number of rotatable bonds is 6. The van der Waals surface area contributed by atoms with E-state index in [1.54, 1.807) is 12.1 Å². The van der Waals surface area contributed by atoms with Crippen molar-refractivity contribution in [2.75, 3.05) is 19.8 Å². The van der Waals surface area contributed by atoms with E-state index >= 15 is 0 Å². The molecule has 0 atom stereocenters. The molecule has 1 rings (SSSR count). The Morgan fingerprint density at radius 1 is 1.59 bits per heavy atom. The standard InChI is InChI=1S/C12H15BrN2O2/c1-9(2)8-17-6-5-14-12(16)10-3-4-11(13)15-7-10/h3-4,7H,1,5-6,8H2,2H3,(H,14,16). The number of carbonyl (C=O) groups is 1. The van der Waals surface area contributed by atoms with Crippen LogP contribution in [0.2, 0.25) is 0 Å². The smallest absolute Gasteiger partial charge is 0.252 e. The van der Waals surface area contributed by atoms with Gasteiger partial charge < -0.3 is 10.1 Å². The summed E-state index contributed by atoms with van der Waals surface area (Å²) < 4.78 is 5.97. The molecule has 5 heteroatoms. The van der Waals surface area contributed by atoms with Crippen LogP contribution in [0, 0.1) is 0 Å². The summed E-state index contributed by atoms with van der Waals surface area (Å²) in [4.78, 5) is 15.6. The number of hydrogen-bond acceptors (Lipinski definition) is 3. The van der Waals surface area contributed by atoms with E-state index in [0.717, 1.165) is 5.57 Å². The summed E-state index contributed by atoms with van der Waals surface area (Å²) in [6, 6.07) is 3.44. The molecule has 0 spiro atoms. The number of amides is 1. The maximum absolute atomic E-state index is 11.6. The van der Waals surface area contributed by atoms with Crippen LogP contribution in [0.4, 0.5) is 0 Å². The number of hydrogen-bond donors (Lipinski definition) is 1. The van der Waals surface area contributed by atoms with Gasteiger partial charge in [-0.05, 0) is 35.0 Å². The molecule has 0 radical (unpaired) electrons. The van der Waals surface area contributed by atoms with Gasteiger partial charge in [0.2, 0.25) is 0 Å². The second-order valence-corrected chi connectivity index (χ2v) is 4.45. The van der Waals surface area contributed by atoms with Crippen molar-refractivity contribution in [2.45, 2.75) is 6.92 Å². The monoisotopic (exact) mass is 298 g/mol. The third-order valence-electron chi connectivity index (χ3n) is 1.87. The van der Waals surface area contributed by atoms with Gasteiger partial charge in [-0.1, -0.05) is 12.2 Å². The highest BCUT2D eigenvalue weighted by atomic mass is 79.9. The lowest BCUT2D eigenvalue weighted by Crippen LogP contribution is -2.27. The molecule has 1 amide bonds. The first-order chi connectivity index (χ1) is 8.09. The van der Waals surface area contributed by atoms with Gasteiger partial charge in [0.25, 0.3) is 5.91 Å². The fraction of sp³-hybridized carbons (Fsp3) is 0.333. The number of aromatic nitrogens is 1. The van der Waals surface area contributed by atoms with Gasteiger partial charge in [0.15, 0.2) is 0 Å². The van der Waals surface area contributed by atoms with Crippen LogP contribution in [-0.2, 0) is 4.74 Å². The maximum atomic E-state index is 11.6. The first-order valence-electron chi connectivity index (χ1n) is 5.21. The Bertz CT molecular complexity index is 390. The number of carbonyl (C=O) groups excluding carboxylic acids is 1. The lowest BCUT2D eigenvalue weighted by atomic mass is 10.3. The minimum absolute atomic E-state index is 0.149. The number of nitrogens with one attached hydrogen (secondary N) is 1. The molecule has 0 aliphatic rings. The lowest BCUT2D eigenvalue weighted by molar-refractivity contribution is 0.0926. The molecule has 0 saturated carbocycles. The Kier molecular flexibility index (Phi) is 5.86. The molecule has 1 aromatic rings. The van der Waals surface area contributed by atoms with Gasteiger partial charge in [-0.2, -0.15) is 0 Å². The minimum atomic E-state index is -0.149. The molecule has 0 fully saturated rings. The molecule has 4 nitrogen and oxygen atoms in total. The number of nitrogens with zero attached hydrogens (tertiary/aromatic N) is 1. The maximum Gasteiger partial charge on any atom is 0.252 e. The van der Waals surface area contributed by atoms with Crippen LogP contribution in [0.3, 0.4) is 0 Å². The van der Waals surface area contributed by atoms with E-state index < -0.39 is 0 Å². The summed E-state index contributed by atoms with van der Waals surface area (Å²) in [5.74, 6) is -0.149. The van der Waals surface area contributed by atoms with Crippen LogP contribution in [0.5, 0.6) is 0 Å². The number of ether oxygens (including phenoxy) is 1. The largest absolute Gasteiger partial charge is 0.375 e. The van der Waals surface area contributed by atoms with Crippen LogP contribution in [0.1, 0.15) is 17.3 Å². The average molecular weight is 299 g/mol. The van der Waals surface area contributed by atoms with E-state index in [1.165, 1.54) is 6.20 Å². The van der Waals surface area contributed by atoms with Crippen molar-refractivity contribution in [3.05, 3.63) is 40.6 Å². The van der Waals surface area contributed by atoms with Crippen molar-refractivity contribution in [3.63, 3.8) is 0 Å². The zero-order chi connectivity index (χ0) is 12.7. The third-order valence-corrected chi connectivity index (χ3v) is 2.34. The molecule has 17 heavy (non-hydrogen) atoms. The van der Waals surface area contributed by atoms with E-state index in [1.807, 2.05) is 6.92 Å². The van der Waals surface area contributed by atoms with Crippen molar-refractivity contribution in [1.29, 1.82) is 0 Å². The van der Waals surface area contributed by atoms with Crippen LogP contribution in [-0.4, -0.2) is 30.6 Å². The van der Waals surface area contributed by atoms with Crippen LogP contribution < -0.4 is 5.32 Å². The predicted molar refractivity (Wildman–Crippen MR) is 69.9 cm³/mol. The summed E-state index contributed by atoms with van der Waals surface area (Å²) in [5, 5.41) is 2.74. The van der Waals surface area contributed by atoms with E-state index in [-0.39, 0.29) is 5.91 Å². The van der Waals surface area contributed by atoms with Gasteiger partial charge in [-0.15, -0.1) is 0 Å². The van der Waals surface area contributed by atoms with Gasteiger partial charge in [0, 0.05) is 12.7 Å². The minimum Gasteiger partial charge on any atom is -0.375 e. The third kappa shape index (κ3) is 5.60. The highest BCUT2D eigenvalue weighted by Crippen LogP contribution is 2.05. The van der Waals surface area contributed by atoms with E-state index in [2.05, 4.69) is 32.8 Å². The topological polar surface area (TPSA) is 51.2 Å². The SMILES string of the molecule is C=C(C)COCCNC(=O)c1ccc(Br)nc1. The van der Waals surface area contributed by atoms with Crippen molar-refractivity contribution in [1.82, 2.24) is 10.3 Å². The molecular weight excluding hydrogens is 284 g/mol. The average Bonchev–Trinajstić information content (AvgIpc) is 2.29. The molecule has 0 unspecified atom stereocenters. The van der Waals surface area contributed by atoms with E-state index in [9.17, 15) is 4.79 Å². The van der Waals surface area contributed by atoms with Gasteiger partial charge in [-0.25, -0.2) is 4.98 Å². The molecule has 1 aromatic heterocycles. The molecule has 0 aliphatic carbocycles. The van der Waals surface area contributed by atoms with Gasteiger partial charge in [0.1, 0.15) is 4.60 Å². The molecule has 1 N–H and O–H groups in total. The van der Waals surface area contributed by atoms with Gasteiger partial charge in [0.05, 0.1) is 18.8 Å². The fourth-order valence-corrected chi connectivity index (χ4v) is 1.33. The molecule has 1 heterocycles. The second kappa shape index (κ2) is 7.19. The first kappa shape index (κ1) is 13.9. The Hall–Kier alpha value is -1.20. The number of halogens is 1. The van der Waals surface area contributed by atoms with Crippen molar-refractivity contribution in [2.24, 2.45) is 0 Å². The lowest BCUT2D eigenvalue weighted by Gasteiger charge is -2.06. The Balaban J connectivity index is 2.25. The summed E-state index contributed by atoms with van der Waals surface area (Å²) in [7, 11) is 0. The van der Waals surface area contributed by atoms with Crippen LogP contribution in [0.15, 0.2) is 35.1 Å². The van der Waals surface area contributed by atoms with Gasteiger partial charge >= 0.3 is 0 Å². The van der Waals surface area contributed by atoms with Gasteiger partial charge in [-0.3, -0.25) is 4.79 Å². The molecule has 0 saturated heterocycles. The van der Waals surface area contributed by atoms with Crippen molar-refractivity contribution in [3.8, 4) is 0 Å². The zero-order valence-electron chi connectivity index (χ0n) is 9.70. The molecule has 0 aliphatic heterocycles. The van der Waals surface area contributed by atoms with Crippen LogP contribution in [0.25, 0.3) is 0 Å². The zero-order valence-corrected chi connectivity index (χ0v) is 11.3. The highest BCUT2D eigenvalue weighted by molar-refractivity contribution is 9.10. The van der Waals surface area contributed by atoms with E-state index in [0.29, 0.717) is 29.9 Å². The normalized spacial score (nSPS) is 10.0. The second-order valence-electron chi connectivity index (χ2n) is 3.64. The molecular formula is C12H15BrN2O2. The quantitative estimate of drug-likeness (QED) is 0.497. The first-order valence-corrected chi connectivity index (χ1v) is 6.01. The molecule has 0 bridgehead atoms. The number of pyridine rings is 1. The van der Waals surface area contributed by atoms with Crippen LogP contribution >= 0.6 is 15.9 Å². The predicted octanol–water partition coefficient (Wildman–Crippen LogP) is 2.17. The Morgan fingerprint density at radius 3 is 2.94 bits per heavy atom. The summed E-state index contributed by atoms with van der Waals surface area (Å²) >= 11 is 3.21. The molecule has 0 aromatic carbocycles. The Morgan fingerprint density at radius 2 is 2.35 bits per heavy atom. The Labute approximate surface area is 109 Å². The van der Waals surface area contributed by atoms with Crippen molar-refractivity contribution >= 4 is 21.8 Å². The molecule has 92 valence electrons. The van der Waals surface area contributed by atoms with E-state index in [4.69, 9.17) is 4.74 Å². The summed E-state index contributed by atoms with van der Waals surface area (Å²) in [6.07, 6.45) is 1.52. The summed E-state index contributed by atoms with van der Waals surface area (Å²) in [6.45, 7) is 7.09. The highest BCUT2D eigenvalue weighted by Gasteiger charge is 2.04. The summed E-state index contributed by atoms with van der Waals surface area (Å²) in [5.41, 5.74) is 1.50. The van der Waals surface area contributed by atoms with Crippen molar-refractivity contribution < 1.29 is 9.53 Å².